The van der Waals surface area contributed by atoms with E-state index < -0.39 is 35.3 Å². The fourth-order valence-electron chi connectivity index (χ4n) is 8.33. The molecule has 5 amide bonds. The van der Waals surface area contributed by atoms with Crippen LogP contribution in [0.5, 0.6) is 11.5 Å². The molecule has 3 aliphatic heterocycles. The summed E-state index contributed by atoms with van der Waals surface area (Å²) in [4.78, 5) is 82.3. The van der Waals surface area contributed by atoms with Gasteiger partial charge in [-0.1, -0.05) is 83.1 Å². The number of piperidine rings is 1. The second kappa shape index (κ2) is 22.9. The number of imide groups is 1. The molecule has 1 unspecified atom stereocenters. The molecule has 6 N–H and O–H groups in total. The topological polar surface area (TPSA) is 204 Å². The lowest BCUT2D eigenvalue weighted by Gasteiger charge is -2.25. The molecule has 2 fully saturated rings. The summed E-state index contributed by atoms with van der Waals surface area (Å²) in [5.74, 6) is -4.90. The Labute approximate surface area is 381 Å². The van der Waals surface area contributed by atoms with Gasteiger partial charge in [0, 0.05) is 54.5 Å². The largest absolute Gasteiger partial charge is 0.366 e. The molecule has 4 aromatic rings. The zero-order valence-electron chi connectivity index (χ0n) is 37.1. The minimum absolute atomic E-state index is 0.0294. The number of fused-ring (bicyclic) bond motifs is 2. The molecule has 4 heterocycles. The third-order valence-electron chi connectivity index (χ3n) is 12.0. The molecule has 2 saturated heterocycles. The summed E-state index contributed by atoms with van der Waals surface area (Å²) in [6.45, 7) is 0.605. The number of unbranched alkanes of at least 4 members (excludes halogenated alkanes) is 13. The van der Waals surface area contributed by atoms with Gasteiger partial charge >= 0.3 is 0 Å². The lowest BCUT2D eigenvalue weighted by Crippen LogP contribution is -2.53. The highest BCUT2D eigenvalue weighted by molar-refractivity contribution is 6.00. The van der Waals surface area contributed by atoms with Crippen molar-refractivity contribution in [3.05, 3.63) is 83.6 Å². The Hall–Kier alpha value is -6.11. The summed E-state index contributed by atoms with van der Waals surface area (Å²) in [5.41, 5.74) is 2.44. The van der Waals surface area contributed by atoms with E-state index in [1.54, 1.807) is 42.5 Å². The standard InChI is InChI=1S/C48H59F2N7O9/c49-34-26-32(27-35(50)30-34)31-52-47(62)48(63)23-25-56(66-48)36-19-20-37-33(28-36)29-39(53-37)45(60)51-24-14-12-10-8-6-4-2-1-3-5-7-9-11-13-18-42(58)54-38-16-15-17-41-44(38)65-57(64-41)40-21-22-43(59)55-46(40)61/h15-17,19-20,26-30,40,53,63H,1-14,18,21-25,31H2,(H,51,60)(H,52,62)(H,54,58)(H,55,59,61)/t40?,48-/m0/s1. The summed E-state index contributed by atoms with van der Waals surface area (Å²) >= 11 is 0. The highest BCUT2D eigenvalue weighted by Crippen LogP contribution is 2.42. The molecular weight excluding hydrogens is 857 g/mol. The number of nitrogens with zero attached hydrogens (tertiary/aromatic N) is 2. The third kappa shape index (κ3) is 13.0. The Morgan fingerprint density at radius 3 is 2.18 bits per heavy atom. The smallest absolute Gasteiger partial charge is 0.282 e. The Balaban J connectivity index is 0.672. The van der Waals surface area contributed by atoms with Crippen LogP contribution in [-0.2, 0) is 30.6 Å². The minimum atomic E-state index is -2.16. The summed E-state index contributed by atoms with van der Waals surface area (Å²) in [5, 5.41) is 24.8. The SMILES string of the molecule is O=C1CCC(N2Oc3cccc(NC(=O)CCCCCCCCCCCCCCCCNC(=O)c4cc5cc(N6CC[C@@](O)(C(=O)NCc7cc(F)cc(F)c7)O6)ccc5[nH]4)c3O2)C(=O)N1. The second-order valence-electron chi connectivity index (χ2n) is 17.2. The van der Waals surface area contributed by atoms with E-state index in [0.717, 1.165) is 79.3 Å². The predicted octanol–water partition coefficient (Wildman–Crippen LogP) is 7.52. The van der Waals surface area contributed by atoms with Gasteiger partial charge in [-0.15, -0.1) is 0 Å². The number of aromatic amines is 1. The van der Waals surface area contributed by atoms with E-state index >= 15 is 0 Å². The van der Waals surface area contributed by atoms with Crippen LogP contribution < -0.4 is 36.0 Å². The van der Waals surface area contributed by atoms with E-state index in [1.807, 2.05) is 0 Å². The van der Waals surface area contributed by atoms with Gasteiger partial charge in [0.15, 0.2) is 11.8 Å². The van der Waals surface area contributed by atoms with E-state index in [0.29, 0.717) is 41.5 Å². The van der Waals surface area contributed by atoms with Crippen LogP contribution in [0.2, 0.25) is 0 Å². The maximum atomic E-state index is 13.5. The van der Waals surface area contributed by atoms with Crippen LogP contribution in [0.3, 0.4) is 0 Å². The molecule has 0 spiro atoms. The Kier molecular flexibility index (Phi) is 16.6. The van der Waals surface area contributed by atoms with E-state index in [1.165, 1.54) is 50.0 Å². The first-order chi connectivity index (χ1) is 31.9. The number of aromatic nitrogens is 1. The van der Waals surface area contributed by atoms with Crippen molar-refractivity contribution in [1.82, 2.24) is 26.2 Å². The normalized spacial score (nSPS) is 18.2. The number of aliphatic hydroxyl groups is 1. The van der Waals surface area contributed by atoms with Gasteiger partial charge in [0.2, 0.25) is 17.6 Å². The first kappa shape index (κ1) is 47.8. The number of carbonyl (C=O) groups excluding carboxylic acids is 5. The number of para-hydroxylation sites is 1. The zero-order chi connectivity index (χ0) is 46.5. The second-order valence-corrected chi connectivity index (χ2v) is 17.2. The van der Waals surface area contributed by atoms with E-state index in [4.69, 9.17) is 14.5 Å². The van der Waals surface area contributed by atoms with Crippen LogP contribution in [0.15, 0.2) is 60.7 Å². The quantitative estimate of drug-likeness (QED) is 0.0300. The number of benzene rings is 3. The maximum absolute atomic E-state index is 13.5. The number of hydrogen-bond acceptors (Lipinski definition) is 11. The van der Waals surface area contributed by atoms with Crippen LogP contribution in [0, 0.1) is 11.6 Å². The molecule has 3 aliphatic rings. The van der Waals surface area contributed by atoms with Crippen molar-refractivity contribution in [2.45, 2.75) is 134 Å². The van der Waals surface area contributed by atoms with Gasteiger partial charge in [0.05, 0.1) is 17.9 Å². The fourth-order valence-corrected chi connectivity index (χ4v) is 8.33. The number of anilines is 2. The Bertz CT molecular complexity index is 2340. The van der Waals surface area contributed by atoms with Crippen molar-refractivity contribution in [2.24, 2.45) is 0 Å². The first-order valence-corrected chi connectivity index (χ1v) is 23.2. The molecule has 0 radical (unpaired) electrons. The molecule has 1 aromatic heterocycles. The molecule has 18 heteroatoms. The highest BCUT2D eigenvalue weighted by Gasteiger charge is 2.45. The minimum Gasteiger partial charge on any atom is -0.366 e. The number of carbonyl (C=O) groups is 5. The van der Waals surface area contributed by atoms with Gasteiger partial charge < -0.3 is 35.7 Å². The van der Waals surface area contributed by atoms with Crippen molar-refractivity contribution in [3.8, 4) is 11.5 Å². The number of nitrogens with one attached hydrogen (secondary N) is 5. The number of H-pyrrole nitrogens is 1. The molecule has 0 aliphatic carbocycles. The van der Waals surface area contributed by atoms with Gasteiger partial charge in [-0.2, -0.15) is 0 Å². The third-order valence-corrected chi connectivity index (χ3v) is 12.0. The van der Waals surface area contributed by atoms with Crippen LogP contribution in [0.25, 0.3) is 10.9 Å². The number of rotatable bonds is 24. The van der Waals surface area contributed by atoms with Crippen LogP contribution in [-0.4, -0.2) is 69.8 Å². The van der Waals surface area contributed by atoms with E-state index in [2.05, 4.69) is 26.3 Å². The average molecular weight is 916 g/mol. The Morgan fingerprint density at radius 2 is 1.48 bits per heavy atom. The predicted molar refractivity (Wildman–Crippen MR) is 240 cm³/mol. The zero-order valence-corrected chi connectivity index (χ0v) is 37.1. The lowest BCUT2D eigenvalue weighted by molar-refractivity contribution is -0.252. The summed E-state index contributed by atoms with van der Waals surface area (Å²) in [6, 6.07) is 14.4. The number of amides is 5. The summed E-state index contributed by atoms with van der Waals surface area (Å²) in [6.07, 6.45) is 16.4. The molecular formula is C48H59F2N7O9. The highest BCUT2D eigenvalue weighted by atomic mass is 19.1. The monoisotopic (exact) mass is 915 g/mol. The van der Waals surface area contributed by atoms with Crippen molar-refractivity contribution in [3.63, 3.8) is 0 Å². The van der Waals surface area contributed by atoms with Gasteiger partial charge in [-0.3, -0.25) is 34.4 Å². The first-order valence-electron chi connectivity index (χ1n) is 23.2. The maximum Gasteiger partial charge on any atom is 0.282 e. The van der Waals surface area contributed by atoms with Gasteiger partial charge in [0.1, 0.15) is 17.3 Å². The lowest BCUT2D eigenvalue weighted by atomic mass is 10.0. The molecule has 3 aromatic carbocycles. The van der Waals surface area contributed by atoms with E-state index in [-0.39, 0.29) is 55.6 Å². The molecule has 2 atom stereocenters. The number of hydroxylamine groups is 3. The van der Waals surface area contributed by atoms with Crippen LogP contribution >= 0.6 is 0 Å². The molecule has 16 nitrogen and oxygen atoms in total. The van der Waals surface area contributed by atoms with Gasteiger partial charge in [-0.25, -0.2) is 13.6 Å². The molecule has 66 heavy (non-hydrogen) atoms. The van der Waals surface area contributed by atoms with E-state index in [9.17, 15) is 37.9 Å². The van der Waals surface area contributed by atoms with Crippen molar-refractivity contribution in [2.75, 3.05) is 23.5 Å². The average Bonchev–Trinajstić information content (AvgIpc) is 4.04. The Morgan fingerprint density at radius 1 is 0.803 bits per heavy atom. The fraction of sp³-hybridized carbons (Fsp3) is 0.479. The number of halogens is 2. The molecule has 0 bridgehead atoms. The van der Waals surface area contributed by atoms with Gasteiger partial charge in [-0.05, 0) is 73.4 Å². The van der Waals surface area contributed by atoms with Gasteiger partial charge in [0.25, 0.3) is 23.5 Å². The molecule has 354 valence electrons. The molecule has 7 rings (SSSR count). The number of hydrogen-bond donors (Lipinski definition) is 6. The van der Waals surface area contributed by atoms with Crippen molar-refractivity contribution >= 4 is 51.8 Å². The van der Waals surface area contributed by atoms with Crippen LogP contribution in [0.1, 0.15) is 132 Å². The van der Waals surface area contributed by atoms with Crippen LogP contribution in [0.4, 0.5) is 20.2 Å². The summed E-state index contributed by atoms with van der Waals surface area (Å²) in [7, 11) is 0. The van der Waals surface area contributed by atoms with Crippen molar-refractivity contribution < 1.29 is 52.4 Å². The van der Waals surface area contributed by atoms with Crippen molar-refractivity contribution in [1.29, 1.82) is 0 Å². The summed E-state index contributed by atoms with van der Waals surface area (Å²) < 4.78 is 27.0. The molecule has 0 saturated carbocycles.